The maximum Gasteiger partial charge on any atom is 0.252 e. The zero-order valence-electron chi connectivity index (χ0n) is 15.4. The van der Waals surface area contributed by atoms with Crippen molar-refractivity contribution in [2.45, 2.75) is 12.6 Å². The Labute approximate surface area is 164 Å². The summed E-state index contributed by atoms with van der Waals surface area (Å²) in [6, 6.07) is 27.6. The Morgan fingerprint density at radius 1 is 0.857 bits per heavy atom. The van der Waals surface area contributed by atoms with Crippen LogP contribution in [0.3, 0.4) is 0 Å². The second-order valence-electron chi connectivity index (χ2n) is 6.66. The molecule has 3 aromatic carbocycles. The molecule has 4 aromatic rings. The largest absolute Gasteiger partial charge is 0.341 e. The molecule has 0 aliphatic heterocycles. The van der Waals surface area contributed by atoms with E-state index in [9.17, 15) is 4.79 Å². The molecule has 0 bridgehead atoms. The van der Waals surface area contributed by atoms with Gasteiger partial charge in [-0.25, -0.2) is 4.98 Å². The normalized spacial score (nSPS) is 10.8. The first-order valence-electron chi connectivity index (χ1n) is 9.25. The van der Waals surface area contributed by atoms with Gasteiger partial charge in [0.25, 0.3) is 5.91 Å². The Morgan fingerprint density at radius 2 is 1.46 bits per heavy atom. The summed E-state index contributed by atoms with van der Waals surface area (Å²) in [6.07, 6.45) is 5.46. The van der Waals surface area contributed by atoms with Crippen molar-refractivity contribution in [1.29, 1.82) is 0 Å². The van der Waals surface area contributed by atoms with Gasteiger partial charge in [0, 0.05) is 24.5 Å². The van der Waals surface area contributed by atoms with Gasteiger partial charge in [0.1, 0.15) is 0 Å². The molecule has 0 saturated carbocycles. The third-order valence-electron chi connectivity index (χ3n) is 4.68. The fraction of sp³-hybridized carbons (Fsp3) is 0.0833. The lowest BCUT2D eigenvalue weighted by Crippen LogP contribution is -2.29. The predicted molar refractivity (Wildman–Crippen MR) is 110 cm³/mol. The fourth-order valence-corrected chi connectivity index (χ4v) is 3.22. The number of hydrogen-bond acceptors (Lipinski definition) is 2. The van der Waals surface area contributed by atoms with E-state index in [1.165, 1.54) is 0 Å². The van der Waals surface area contributed by atoms with E-state index in [1.807, 2.05) is 95.7 Å². The van der Waals surface area contributed by atoms with Gasteiger partial charge in [-0.1, -0.05) is 72.8 Å². The van der Waals surface area contributed by atoms with E-state index in [2.05, 4.69) is 10.3 Å². The highest BCUT2D eigenvalue weighted by molar-refractivity contribution is 5.94. The standard InChI is InChI=1S/C24H21N3O/c28-24(22-13-11-19(12-14-22)17-27-16-15-25-18-27)26-23(20-7-3-1-4-8-20)21-9-5-2-6-10-21/h1-16,18,23H,17H2,(H,26,28). The maximum absolute atomic E-state index is 12.9. The van der Waals surface area contributed by atoms with E-state index in [1.54, 1.807) is 12.5 Å². The summed E-state index contributed by atoms with van der Waals surface area (Å²) in [7, 11) is 0. The number of carbonyl (C=O) groups excluding carboxylic acids is 1. The Balaban J connectivity index is 1.53. The molecule has 0 aliphatic carbocycles. The molecular weight excluding hydrogens is 346 g/mol. The third kappa shape index (κ3) is 4.18. The number of imidazole rings is 1. The Bertz CT molecular complexity index is 971. The van der Waals surface area contributed by atoms with Crippen molar-refractivity contribution in [3.8, 4) is 0 Å². The van der Waals surface area contributed by atoms with Crippen LogP contribution in [0.5, 0.6) is 0 Å². The number of aromatic nitrogens is 2. The van der Waals surface area contributed by atoms with Crippen LogP contribution < -0.4 is 5.32 Å². The molecule has 0 spiro atoms. The Kier molecular flexibility index (Phi) is 5.29. The average molecular weight is 367 g/mol. The lowest BCUT2D eigenvalue weighted by Gasteiger charge is -2.20. The number of rotatable bonds is 6. The van der Waals surface area contributed by atoms with Crippen LogP contribution in [0.4, 0.5) is 0 Å². The summed E-state index contributed by atoms with van der Waals surface area (Å²) in [5, 5.41) is 3.18. The Morgan fingerprint density at radius 3 is 2.00 bits per heavy atom. The van der Waals surface area contributed by atoms with Crippen LogP contribution in [0, 0.1) is 0 Å². The number of nitrogens with one attached hydrogen (secondary N) is 1. The van der Waals surface area contributed by atoms with Crippen LogP contribution >= 0.6 is 0 Å². The minimum Gasteiger partial charge on any atom is -0.341 e. The number of carbonyl (C=O) groups is 1. The van der Waals surface area contributed by atoms with E-state index in [0.29, 0.717) is 5.56 Å². The van der Waals surface area contributed by atoms with E-state index in [0.717, 1.165) is 23.2 Å². The number of benzene rings is 3. The first-order valence-corrected chi connectivity index (χ1v) is 9.25. The molecule has 0 saturated heterocycles. The van der Waals surface area contributed by atoms with Crippen molar-refractivity contribution >= 4 is 5.91 Å². The first-order chi connectivity index (χ1) is 13.8. The van der Waals surface area contributed by atoms with Crippen LogP contribution in [0.2, 0.25) is 0 Å². The second kappa shape index (κ2) is 8.35. The highest BCUT2D eigenvalue weighted by Gasteiger charge is 2.17. The summed E-state index contributed by atoms with van der Waals surface area (Å²) in [5.74, 6) is -0.0908. The summed E-state index contributed by atoms with van der Waals surface area (Å²) in [5.41, 5.74) is 3.88. The third-order valence-corrected chi connectivity index (χ3v) is 4.68. The lowest BCUT2D eigenvalue weighted by molar-refractivity contribution is 0.0943. The van der Waals surface area contributed by atoms with Crippen LogP contribution in [0.1, 0.15) is 33.1 Å². The smallest absolute Gasteiger partial charge is 0.252 e. The van der Waals surface area contributed by atoms with Gasteiger partial charge in [-0.2, -0.15) is 0 Å². The van der Waals surface area contributed by atoms with Crippen LogP contribution in [-0.2, 0) is 6.54 Å². The predicted octanol–water partition coefficient (Wildman–Crippen LogP) is 4.45. The van der Waals surface area contributed by atoms with Gasteiger partial charge < -0.3 is 9.88 Å². The summed E-state index contributed by atoms with van der Waals surface area (Å²) >= 11 is 0. The highest BCUT2D eigenvalue weighted by Crippen LogP contribution is 2.22. The van der Waals surface area contributed by atoms with Gasteiger partial charge >= 0.3 is 0 Å². The molecular formula is C24H21N3O. The molecule has 1 heterocycles. The van der Waals surface area contributed by atoms with Gasteiger partial charge in [0.2, 0.25) is 0 Å². The zero-order chi connectivity index (χ0) is 19.2. The van der Waals surface area contributed by atoms with Crippen LogP contribution in [-0.4, -0.2) is 15.5 Å². The molecule has 28 heavy (non-hydrogen) atoms. The van der Waals surface area contributed by atoms with Crippen molar-refractivity contribution in [3.05, 3.63) is 126 Å². The van der Waals surface area contributed by atoms with Crippen LogP contribution in [0.15, 0.2) is 104 Å². The average Bonchev–Trinajstić information content (AvgIpc) is 3.27. The van der Waals surface area contributed by atoms with Gasteiger partial charge in [0.15, 0.2) is 0 Å². The molecule has 0 atom stereocenters. The van der Waals surface area contributed by atoms with Gasteiger partial charge in [-0.15, -0.1) is 0 Å². The zero-order valence-corrected chi connectivity index (χ0v) is 15.4. The molecule has 1 amide bonds. The minimum atomic E-state index is -0.194. The Hall–Kier alpha value is -3.66. The lowest BCUT2D eigenvalue weighted by atomic mass is 9.98. The van der Waals surface area contributed by atoms with Crippen molar-refractivity contribution in [2.24, 2.45) is 0 Å². The van der Waals surface area contributed by atoms with E-state index >= 15 is 0 Å². The fourth-order valence-electron chi connectivity index (χ4n) is 3.22. The van der Waals surface area contributed by atoms with Gasteiger partial charge in [-0.3, -0.25) is 4.79 Å². The van der Waals surface area contributed by atoms with Crippen molar-refractivity contribution in [1.82, 2.24) is 14.9 Å². The monoisotopic (exact) mass is 367 g/mol. The topological polar surface area (TPSA) is 46.9 Å². The molecule has 0 fully saturated rings. The van der Waals surface area contributed by atoms with E-state index in [-0.39, 0.29) is 11.9 Å². The molecule has 4 rings (SSSR count). The molecule has 4 heteroatoms. The molecule has 4 nitrogen and oxygen atoms in total. The quantitative estimate of drug-likeness (QED) is 0.547. The molecule has 1 N–H and O–H groups in total. The van der Waals surface area contributed by atoms with Crippen molar-refractivity contribution in [2.75, 3.05) is 0 Å². The summed E-state index contributed by atoms with van der Waals surface area (Å²) in [6.45, 7) is 0.735. The number of hydrogen-bond donors (Lipinski definition) is 1. The first kappa shape index (κ1) is 17.7. The maximum atomic E-state index is 12.9. The highest BCUT2D eigenvalue weighted by atomic mass is 16.1. The second-order valence-corrected chi connectivity index (χ2v) is 6.66. The summed E-state index contributed by atoms with van der Waals surface area (Å²) in [4.78, 5) is 17.0. The molecule has 138 valence electrons. The SMILES string of the molecule is O=C(NC(c1ccccc1)c1ccccc1)c1ccc(Cn2ccnc2)cc1. The molecule has 1 aromatic heterocycles. The van der Waals surface area contributed by atoms with Crippen molar-refractivity contribution in [3.63, 3.8) is 0 Å². The minimum absolute atomic E-state index is 0.0908. The summed E-state index contributed by atoms with van der Waals surface area (Å²) < 4.78 is 2.00. The van der Waals surface area contributed by atoms with E-state index < -0.39 is 0 Å². The van der Waals surface area contributed by atoms with Gasteiger partial charge in [-0.05, 0) is 28.8 Å². The van der Waals surface area contributed by atoms with Gasteiger partial charge in [0.05, 0.1) is 12.4 Å². The number of amides is 1. The molecule has 0 radical (unpaired) electrons. The van der Waals surface area contributed by atoms with Crippen molar-refractivity contribution < 1.29 is 4.79 Å². The number of nitrogens with zero attached hydrogens (tertiary/aromatic N) is 2. The molecule has 0 unspecified atom stereocenters. The van der Waals surface area contributed by atoms with Crippen LogP contribution in [0.25, 0.3) is 0 Å². The molecule has 0 aliphatic rings. The van der Waals surface area contributed by atoms with E-state index in [4.69, 9.17) is 0 Å².